The third-order valence-electron chi connectivity index (χ3n) is 5.32. The molecule has 2 N–H and O–H groups in total. The van der Waals surface area contributed by atoms with Crippen LogP contribution in [0.1, 0.15) is 18.1 Å². The summed E-state index contributed by atoms with van der Waals surface area (Å²) in [5.41, 5.74) is -6.76. The second-order valence-electron chi connectivity index (χ2n) is 7.71. The topological polar surface area (TPSA) is 81.1 Å². The summed E-state index contributed by atoms with van der Waals surface area (Å²) in [6.45, 7) is 1.44. The Labute approximate surface area is 201 Å². The maximum atomic E-state index is 13.3. The lowest BCUT2D eigenvalue weighted by molar-refractivity contribution is -0.376. The lowest BCUT2D eigenvalue weighted by Gasteiger charge is -2.36. The van der Waals surface area contributed by atoms with Crippen LogP contribution in [0.5, 0.6) is 0 Å². The number of piperazine rings is 1. The second-order valence-corrected chi connectivity index (χ2v) is 10.8. The molecule has 192 valence electrons. The smallest absolute Gasteiger partial charge is 0.381 e. The number of rotatable bonds is 4. The number of hydrogen-bond donors (Lipinski definition) is 2. The Morgan fingerprint density at radius 2 is 1.63 bits per heavy atom. The summed E-state index contributed by atoms with van der Waals surface area (Å²) in [5.74, 6) is 4.65. The first kappa shape index (κ1) is 27.3. The van der Waals surface area contributed by atoms with Gasteiger partial charge in [0.1, 0.15) is 10.3 Å². The largest absolute Gasteiger partial charge is 0.430 e. The van der Waals surface area contributed by atoms with Crippen molar-refractivity contribution in [3.05, 3.63) is 46.8 Å². The van der Waals surface area contributed by atoms with Crippen LogP contribution in [0.2, 0.25) is 0 Å². The van der Waals surface area contributed by atoms with Crippen LogP contribution < -0.4 is 4.90 Å². The van der Waals surface area contributed by atoms with E-state index in [4.69, 9.17) is 0 Å². The summed E-state index contributed by atoms with van der Waals surface area (Å²) < 4.78 is 107. The molecule has 2 heterocycles. The minimum absolute atomic E-state index is 0.0142. The van der Waals surface area contributed by atoms with Gasteiger partial charge in [-0.1, -0.05) is 24.0 Å². The van der Waals surface area contributed by atoms with Crippen molar-refractivity contribution in [1.29, 1.82) is 0 Å². The Kier molecular flexibility index (Phi) is 7.50. The second kappa shape index (κ2) is 9.62. The van der Waals surface area contributed by atoms with E-state index < -0.39 is 39.6 Å². The molecule has 0 saturated carbocycles. The van der Waals surface area contributed by atoms with Gasteiger partial charge in [0.2, 0.25) is 0 Å². The molecule has 1 fully saturated rings. The predicted molar refractivity (Wildman–Crippen MR) is 116 cm³/mol. The third kappa shape index (κ3) is 5.29. The molecule has 35 heavy (non-hydrogen) atoms. The van der Waals surface area contributed by atoms with E-state index in [1.54, 1.807) is 16.3 Å². The standard InChI is InChI=1S/C21H20F6N2O4S2/c1-14(30)4-5-15-13-16(19(31,20(22,23)24)21(25,26)27)6-7-17(15)28-8-10-29(11-9-28)35(32,33)18-3-2-12-34-18/h2-3,6-7,12-14,30-31H,8-11H2,1H3/t14-/m0/s1. The zero-order valence-corrected chi connectivity index (χ0v) is 19.7. The van der Waals surface area contributed by atoms with Gasteiger partial charge in [-0.05, 0) is 30.5 Å². The van der Waals surface area contributed by atoms with Crippen molar-refractivity contribution in [3.63, 3.8) is 0 Å². The number of aliphatic hydroxyl groups is 2. The summed E-state index contributed by atoms with van der Waals surface area (Å²) in [6.07, 6.45) is -13.4. The Balaban J connectivity index is 1.97. The molecule has 0 bridgehead atoms. The lowest BCUT2D eigenvalue weighted by atomic mass is 9.90. The maximum Gasteiger partial charge on any atom is 0.430 e. The van der Waals surface area contributed by atoms with Gasteiger partial charge >= 0.3 is 12.4 Å². The molecule has 0 spiro atoms. The predicted octanol–water partition coefficient (Wildman–Crippen LogP) is 3.30. The molecule has 1 saturated heterocycles. The van der Waals surface area contributed by atoms with Gasteiger partial charge in [0.05, 0.1) is 5.69 Å². The van der Waals surface area contributed by atoms with E-state index in [0.29, 0.717) is 12.1 Å². The van der Waals surface area contributed by atoms with Gasteiger partial charge in [0.15, 0.2) is 0 Å². The van der Waals surface area contributed by atoms with E-state index in [1.807, 2.05) is 0 Å². The molecule has 1 atom stereocenters. The number of alkyl halides is 6. The van der Waals surface area contributed by atoms with Crippen molar-refractivity contribution in [2.45, 2.75) is 35.2 Å². The minimum Gasteiger partial charge on any atom is -0.381 e. The Bertz CT molecular complexity index is 1190. The normalized spacial score (nSPS) is 17.1. The SMILES string of the molecule is C[C@H](O)C#Cc1cc(C(O)(C(F)(F)F)C(F)(F)F)ccc1N1CCN(S(=O)(=O)c2cccs2)CC1. The van der Waals surface area contributed by atoms with Gasteiger partial charge < -0.3 is 15.1 Å². The zero-order valence-electron chi connectivity index (χ0n) is 18.1. The van der Waals surface area contributed by atoms with Crippen molar-refractivity contribution in [3.8, 4) is 11.8 Å². The van der Waals surface area contributed by atoms with E-state index in [0.717, 1.165) is 17.4 Å². The summed E-state index contributed by atoms with van der Waals surface area (Å²) >= 11 is 1.05. The van der Waals surface area contributed by atoms with Gasteiger partial charge in [-0.25, -0.2) is 8.42 Å². The van der Waals surface area contributed by atoms with Gasteiger partial charge in [0, 0.05) is 37.3 Å². The average Bonchev–Trinajstić information content (AvgIpc) is 3.31. The van der Waals surface area contributed by atoms with Crippen LogP contribution in [0, 0.1) is 11.8 Å². The zero-order chi connectivity index (χ0) is 26.2. The fraction of sp³-hybridized carbons (Fsp3) is 0.429. The van der Waals surface area contributed by atoms with Crippen LogP contribution in [-0.4, -0.2) is 67.6 Å². The Morgan fingerprint density at radius 3 is 2.11 bits per heavy atom. The van der Waals surface area contributed by atoms with E-state index in [-0.39, 0.29) is 41.6 Å². The molecule has 3 rings (SSSR count). The van der Waals surface area contributed by atoms with E-state index in [1.165, 1.54) is 17.3 Å². The molecule has 1 aliphatic heterocycles. The molecule has 14 heteroatoms. The van der Waals surface area contributed by atoms with Crippen LogP contribution in [-0.2, 0) is 15.6 Å². The molecule has 2 aromatic rings. The number of nitrogens with zero attached hydrogens (tertiary/aromatic N) is 2. The fourth-order valence-electron chi connectivity index (χ4n) is 3.51. The minimum atomic E-state index is -6.07. The van der Waals surface area contributed by atoms with Gasteiger partial charge in [-0.15, -0.1) is 11.3 Å². The molecule has 0 amide bonds. The third-order valence-corrected chi connectivity index (χ3v) is 8.59. The van der Waals surface area contributed by atoms with Crippen LogP contribution in [0.3, 0.4) is 0 Å². The molecule has 1 aliphatic rings. The summed E-state index contributed by atoms with van der Waals surface area (Å²) in [7, 11) is -3.73. The molecule has 1 aromatic carbocycles. The summed E-state index contributed by atoms with van der Waals surface area (Å²) in [5, 5.41) is 20.8. The number of sulfonamides is 1. The molecule has 0 aliphatic carbocycles. The van der Waals surface area contributed by atoms with E-state index >= 15 is 0 Å². The highest BCUT2D eigenvalue weighted by Gasteiger charge is 2.71. The Morgan fingerprint density at radius 1 is 1.03 bits per heavy atom. The Hall–Kier alpha value is -2.31. The first-order valence-electron chi connectivity index (χ1n) is 10.1. The number of thiophene rings is 1. The van der Waals surface area contributed by atoms with E-state index in [2.05, 4.69) is 11.8 Å². The number of aliphatic hydroxyl groups excluding tert-OH is 1. The van der Waals surface area contributed by atoms with Crippen LogP contribution in [0.4, 0.5) is 32.0 Å². The van der Waals surface area contributed by atoms with Crippen molar-refractivity contribution >= 4 is 27.0 Å². The quantitative estimate of drug-likeness (QED) is 0.458. The van der Waals surface area contributed by atoms with Crippen LogP contribution in [0.15, 0.2) is 39.9 Å². The van der Waals surface area contributed by atoms with Crippen molar-refractivity contribution in [1.82, 2.24) is 4.31 Å². The first-order valence-corrected chi connectivity index (χ1v) is 12.4. The maximum absolute atomic E-state index is 13.3. The van der Waals surface area contributed by atoms with Crippen LogP contribution >= 0.6 is 11.3 Å². The van der Waals surface area contributed by atoms with Crippen molar-refractivity contribution < 1.29 is 45.0 Å². The lowest BCUT2D eigenvalue weighted by Crippen LogP contribution is -2.54. The number of anilines is 1. The molecule has 0 unspecified atom stereocenters. The van der Waals surface area contributed by atoms with Gasteiger partial charge in [-0.2, -0.15) is 30.6 Å². The van der Waals surface area contributed by atoms with Crippen molar-refractivity contribution in [2.24, 2.45) is 0 Å². The summed E-state index contributed by atoms with van der Waals surface area (Å²) in [6, 6.07) is 5.01. The highest BCUT2D eigenvalue weighted by molar-refractivity contribution is 7.91. The van der Waals surface area contributed by atoms with Gasteiger partial charge in [-0.3, -0.25) is 0 Å². The highest BCUT2D eigenvalue weighted by atomic mass is 32.2. The van der Waals surface area contributed by atoms with Crippen LogP contribution in [0.25, 0.3) is 0 Å². The molecule has 1 aromatic heterocycles. The van der Waals surface area contributed by atoms with Crippen molar-refractivity contribution in [2.75, 3.05) is 31.1 Å². The number of hydrogen-bond acceptors (Lipinski definition) is 6. The summed E-state index contributed by atoms with van der Waals surface area (Å²) in [4.78, 5) is 1.57. The van der Waals surface area contributed by atoms with E-state index in [9.17, 15) is 45.0 Å². The number of halogens is 6. The molecular formula is C21H20F6N2O4S2. The average molecular weight is 543 g/mol. The number of benzene rings is 1. The monoisotopic (exact) mass is 542 g/mol. The first-order chi connectivity index (χ1) is 16.1. The molecule has 6 nitrogen and oxygen atoms in total. The van der Waals surface area contributed by atoms with Gasteiger partial charge in [0.25, 0.3) is 15.6 Å². The highest BCUT2D eigenvalue weighted by Crippen LogP contribution is 2.50. The molecular weight excluding hydrogens is 522 g/mol. The fourth-order valence-corrected chi connectivity index (χ4v) is 6.08. The molecule has 0 radical (unpaired) electrons.